The van der Waals surface area contributed by atoms with Crippen LogP contribution >= 0.6 is 0 Å². The summed E-state index contributed by atoms with van der Waals surface area (Å²) in [4.78, 5) is 10.7. The van der Waals surface area contributed by atoms with Crippen molar-refractivity contribution in [1.29, 1.82) is 0 Å². The Kier molecular flexibility index (Phi) is 3.69. The second-order valence-electron chi connectivity index (χ2n) is 4.40. The number of fused-ring (bicyclic) bond motifs is 1. The summed E-state index contributed by atoms with van der Waals surface area (Å²) in [7, 11) is 0. The first kappa shape index (κ1) is 13.3. The van der Waals surface area contributed by atoms with E-state index in [0.29, 0.717) is 18.7 Å². The van der Waals surface area contributed by atoms with Crippen LogP contribution in [0.15, 0.2) is 17.8 Å². The molecule has 1 amide bonds. The van der Waals surface area contributed by atoms with Gasteiger partial charge in [-0.2, -0.15) is 0 Å². The highest BCUT2D eigenvalue weighted by Crippen LogP contribution is 2.34. The van der Waals surface area contributed by atoms with Gasteiger partial charge in [0, 0.05) is 43.4 Å². The zero-order valence-corrected chi connectivity index (χ0v) is 10.4. The lowest BCUT2D eigenvalue weighted by Gasteiger charge is -2.19. The van der Waals surface area contributed by atoms with Crippen LogP contribution in [0.4, 0.5) is 14.5 Å². The maximum atomic E-state index is 13.7. The lowest BCUT2D eigenvalue weighted by molar-refractivity contribution is -0.118. The highest BCUT2D eigenvalue weighted by Gasteiger charge is 2.21. The van der Waals surface area contributed by atoms with Gasteiger partial charge in [-0.3, -0.25) is 4.79 Å². The third-order valence-corrected chi connectivity index (χ3v) is 2.95. The molecular weight excluding hydrogens is 254 g/mol. The van der Waals surface area contributed by atoms with Crippen LogP contribution in [0, 0.1) is 11.6 Å². The molecule has 6 heteroatoms. The molecule has 0 saturated carbocycles. The largest absolute Gasteiger partial charge is 0.503 e. The van der Waals surface area contributed by atoms with Gasteiger partial charge in [0.25, 0.3) is 0 Å². The number of benzene rings is 1. The number of phenols is 1. The van der Waals surface area contributed by atoms with Crippen LogP contribution in [0.1, 0.15) is 18.9 Å². The molecule has 0 saturated heterocycles. The molecule has 4 nitrogen and oxygen atoms in total. The van der Waals surface area contributed by atoms with Crippen LogP contribution in [0.3, 0.4) is 0 Å². The number of anilines is 1. The maximum absolute atomic E-state index is 13.7. The molecule has 1 aromatic carbocycles. The Hall–Kier alpha value is -2.11. The molecule has 0 aliphatic carbocycles. The van der Waals surface area contributed by atoms with E-state index >= 15 is 0 Å². The molecule has 3 N–H and O–H groups in total. The van der Waals surface area contributed by atoms with Gasteiger partial charge in [0.2, 0.25) is 5.91 Å². The molecule has 0 fully saturated rings. The van der Waals surface area contributed by atoms with Crippen LogP contribution in [-0.2, 0) is 11.2 Å². The number of phenolic OH excluding ortho intramolecular Hbond substituents is 1. The third kappa shape index (κ3) is 2.83. The van der Waals surface area contributed by atoms with Gasteiger partial charge in [-0.1, -0.05) is 0 Å². The van der Waals surface area contributed by atoms with Gasteiger partial charge in [-0.15, -0.1) is 0 Å². The fourth-order valence-electron chi connectivity index (χ4n) is 1.97. The summed E-state index contributed by atoms with van der Waals surface area (Å²) in [5.41, 5.74) is 1.42. The van der Waals surface area contributed by atoms with Gasteiger partial charge < -0.3 is 15.7 Å². The molecule has 1 aliphatic heterocycles. The topological polar surface area (TPSA) is 61.4 Å². The number of hydrogen-bond donors (Lipinski definition) is 3. The van der Waals surface area contributed by atoms with Crippen molar-refractivity contribution in [2.75, 3.05) is 11.9 Å². The summed E-state index contributed by atoms with van der Waals surface area (Å²) in [6, 6.07) is 1.06. The summed E-state index contributed by atoms with van der Waals surface area (Å²) in [5, 5.41) is 14.7. The number of aromatic hydroxyl groups is 1. The normalized spacial score (nSPS) is 13.3. The third-order valence-electron chi connectivity index (χ3n) is 2.95. The predicted molar refractivity (Wildman–Crippen MR) is 66.7 cm³/mol. The first-order chi connectivity index (χ1) is 8.99. The van der Waals surface area contributed by atoms with E-state index in [9.17, 15) is 18.7 Å². The highest BCUT2D eigenvalue weighted by molar-refractivity contribution is 5.72. The second kappa shape index (κ2) is 5.26. The molecule has 0 spiro atoms. The van der Waals surface area contributed by atoms with E-state index in [2.05, 4.69) is 10.6 Å². The summed E-state index contributed by atoms with van der Waals surface area (Å²) >= 11 is 0. The smallest absolute Gasteiger partial charge is 0.216 e. The molecule has 0 radical (unpaired) electrons. The van der Waals surface area contributed by atoms with Gasteiger partial charge in [0.05, 0.1) is 0 Å². The molecule has 1 heterocycles. The van der Waals surface area contributed by atoms with Crippen LogP contribution in [0.5, 0.6) is 5.75 Å². The Labute approximate surface area is 109 Å². The van der Waals surface area contributed by atoms with Gasteiger partial charge in [0.15, 0.2) is 17.4 Å². The molecule has 102 valence electrons. The Balaban J connectivity index is 2.11. The summed E-state index contributed by atoms with van der Waals surface area (Å²) in [5.74, 6) is -3.01. The predicted octanol–water partition coefficient (Wildman–Crippen LogP) is 2.05. The van der Waals surface area contributed by atoms with E-state index in [4.69, 9.17) is 0 Å². The number of hydrogen-bond acceptors (Lipinski definition) is 3. The standard InChI is InChI=1S/C13H14F2N2O2/c1-7(18)16-3-2-8-4-9-11(17-6-8)5-10(14)13(19)12(9)15/h5-6,17,19H,2-4H2,1H3,(H,16,18). The van der Waals surface area contributed by atoms with E-state index in [1.165, 1.54) is 6.92 Å². The SMILES string of the molecule is CC(=O)NCCC1=CNc2cc(F)c(O)c(F)c2C1. The van der Waals surface area contributed by atoms with Crippen LogP contribution in [-0.4, -0.2) is 17.6 Å². The van der Waals surface area contributed by atoms with Crippen molar-refractivity contribution in [3.05, 3.63) is 35.0 Å². The van der Waals surface area contributed by atoms with Crippen molar-refractivity contribution in [3.8, 4) is 5.75 Å². The summed E-state index contributed by atoms with van der Waals surface area (Å²) < 4.78 is 26.9. The number of rotatable bonds is 3. The Morgan fingerprint density at radius 1 is 1.53 bits per heavy atom. The minimum Gasteiger partial charge on any atom is -0.503 e. The van der Waals surface area contributed by atoms with E-state index in [-0.39, 0.29) is 17.9 Å². The van der Waals surface area contributed by atoms with Crippen molar-refractivity contribution >= 4 is 11.6 Å². The zero-order chi connectivity index (χ0) is 14.0. The number of nitrogens with one attached hydrogen (secondary N) is 2. The van der Waals surface area contributed by atoms with Crippen LogP contribution < -0.4 is 10.6 Å². The van der Waals surface area contributed by atoms with E-state index in [1.807, 2.05) is 0 Å². The maximum Gasteiger partial charge on any atom is 0.216 e. The van der Waals surface area contributed by atoms with Crippen molar-refractivity contribution in [1.82, 2.24) is 5.32 Å². The molecule has 0 unspecified atom stereocenters. The minimum absolute atomic E-state index is 0.129. The monoisotopic (exact) mass is 268 g/mol. The first-order valence-electron chi connectivity index (χ1n) is 5.87. The second-order valence-corrected chi connectivity index (χ2v) is 4.40. The summed E-state index contributed by atoms with van der Waals surface area (Å²) in [6.07, 6.45) is 2.51. The number of halogens is 2. The lowest BCUT2D eigenvalue weighted by Crippen LogP contribution is -2.22. The Bertz CT molecular complexity index is 556. The van der Waals surface area contributed by atoms with E-state index < -0.39 is 17.4 Å². The van der Waals surface area contributed by atoms with Crippen molar-refractivity contribution in [2.24, 2.45) is 0 Å². The van der Waals surface area contributed by atoms with Crippen LogP contribution in [0.2, 0.25) is 0 Å². The fourth-order valence-corrected chi connectivity index (χ4v) is 1.97. The number of carbonyl (C=O) groups excluding carboxylic acids is 1. The first-order valence-corrected chi connectivity index (χ1v) is 5.87. The molecule has 2 rings (SSSR count). The average Bonchev–Trinajstić information content (AvgIpc) is 2.36. The van der Waals surface area contributed by atoms with Gasteiger partial charge in [-0.05, 0) is 12.0 Å². The van der Waals surface area contributed by atoms with Crippen molar-refractivity contribution < 1.29 is 18.7 Å². The summed E-state index contributed by atoms with van der Waals surface area (Å²) in [6.45, 7) is 1.87. The fraction of sp³-hybridized carbons (Fsp3) is 0.308. The highest BCUT2D eigenvalue weighted by atomic mass is 19.1. The lowest BCUT2D eigenvalue weighted by atomic mass is 9.97. The molecule has 0 atom stereocenters. The van der Waals surface area contributed by atoms with E-state index in [1.54, 1.807) is 6.20 Å². The minimum atomic E-state index is -0.987. The zero-order valence-electron chi connectivity index (χ0n) is 10.4. The van der Waals surface area contributed by atoms with Gasteiger partial charge in [0.1, 0.15) is 0 Å². The molecule has 1 aromatic rings. The Morgan fingerprint density at radius 2 is 2.26 bits per heavy atom. The Morgan fingerprint density at radius 3 is 2.95 bits per heavy atom. The van der Waals surface area contributed by atoms with Crippen molar-refractivity contribution in [2.45, 2.75) is 19.8 Å². The van der Waals surface area contributed by atoms with Crippen LogP contribution in [0.25, 0.3) is 0 Å². The molecule has 0 bridgehead atoms. The molecule has 19 heavy (non-hydrogen) atoms. The molecular formula is C13H14F2N2O2. The molecule has 0 aromatic heterocycles. The van der Waals surface area contributed by atoms with Crippen molar-refractivity contribution in [3.63, 3.8) is 0 Å². The average molecular weight is 268 g/mol. The number of amides is 1. The van der Waals surface area contributed by atoms with Gasteiger partial charge in [-0.25, -0.2) is 8.78 Å². The van der Waals surface area contributed by atoms with E-state index in [0.717, 1.165) is 11.6 Å². The quantitative estimate of drug-likeness (QED) is 0.735. The number of carbonyl (C=O) groups is 1. The molecule has 1 aliphatic rings. The van der Waals surface area contributed by atoms with Gasteiger partial charge >= 0.3 is 0 Å².